The SMILES string of the molecule is CCC1=C(C(=O)OC)[C@H](c2ccccc2)n2c(s/c(=C/c3cn(Cc4ccccc4Cl)c4ccccc34)c2=O)=N1. The molecule has 0 saturated heterocycles. The van der Waals surface area contributed by atoms with Crippen LogP contribution in [0.1, 0.15) is 36.1 Å². The van der Waals surface area contributed by atoms with Crippen molar-refractivity contribution in [3.05, 3.63) is 138 Å². The van der Waals surface area contributed by atoms with Crippen LogP contribution in [0.3, 0.4) is 0 Å². The number of thiazole rings is 1. The first-order valence-corrected chi connectivity index (χ1v) is 14.2. The number of para-hydroxylation sites is 1. The summed E-state index contributed by atoms with van der Waals surface area (Å²) in [5.74, 6) is -0.480. The van der Waals surface area contributed by atoms with Gasteiger partial charge in [0.2, 0.25) is 0 Å². The highest BCUT2D eigenvalue weighted by atomic mass is 35.5. The van der Waals surface area contributed by atoms with Gasteiger partial charge >= 0.3 is 5.97 Å². The maximum atomic E-state index is 14.0. The van der Waals surface area contributed by atoms with Gasteiger partial charge in [0.05, 0.1) is 29.0 Å². The molecule has 8 heteroatoms. The molecular formula is C32H26ClN3O3S. The fraction of sp³-hybridized carbons (Fsp3) is 0.156. The van der Waals surface area contributed by atoms with Crippen molar-refractivity contribution in [3.63, 3.8) is 0 Å². The third kappa shape index (κ3) is 4.51. The summed E-state index contributed by atoms with van der Waals surface area (Å²) < 4.78 is 9.47. The standard InChI is InChI=1S/C32H26ClN3O3S/c1-3-25-28(31(38)39-2)29(20-11-5-4-6-12-20)36-30(37)27(40-32(36)34-25)17-22-19-35(26-16-10-8-14-23(22)26)18-21-13-7-9-15-24(21)33/h4-17,19,29H,3,18H2,1-2H3/b27-17+/t29-/m0/s1. The minimum atomic E-state index is -0.622. The molecule has 0 aliphatic carbocycles. The lowest BCUT2D eigenvalue weighted by atomic mass is 9.95. The zero-order valence-corrected chi connectivity index (χ0v) is 23.6. The molecule has 3 heterocycles. The van der Waals surface area contributed by atoms with E-state index in [1.54, 1.807) is 4.57 Å². The molecule has 3 aromatic carbocycles. The number of ether oxygens (including phenoxy) is 1. The van der Waals surface area contributed by atoms with Crippen LogP contribution in [0.15, 0.2) is 106 Å². The number of benzene rings is 3. The molecule has 0 bridgehead atoms. The molecular weight excluding hydrogens is 542 g/mol. The van der Waals surface area contributed by atoms with E-state index in [0.717, 1.165) is 27.6 Å². The maximum absolute atomic E-state index is 14.0. The lowest BCUT2D eigenvalue weighted by Crippen LogP contribution is -2.40. The van der Waals surface area contributed by atoms with Crippen LogP contribution in [0, 0.1) is 0 Å². The van der Waals surface area contributed by atoms with Gasteiger partial charge in [0.25, 0.3) is 5.56 Å². The Balaban J connectivity index is 1.54. The Morgan fingerprint density at radius 3 is 2.52 bits per heavy atom. The summed E-state index contributed by atoms with van der Waals surface area (Å²) >= 11 is 7.79. The van der Waals surface area contributed by atoms with Crippen LogP contribution >= 0.6 is 22.9 Å². The molecule has 0 unspecified atom stereocenters. The summed E-state index contributed by atoms with van der Waals surface area (Å²) in [7, 11) is 1.36. The lowest BCUT2D eigenvalue weighted by Gasteiger charge is -2.25. The molecule has 0 saturated carbocycles. The van der Waals surface area contributed by atoms with E-state index in [4.69, 9.17) is 21.3 Å². The molecule has 1 aliphatic heterocycles. The minimum absolute atomic E-state index is 0.197. The van der Waals surface area contributed by atoms with E-state index in [-0.39, 0.29) is 5.56 Å². The molecule has 1 aliphatic rings. The minimum Gasteiger partial charge on any atom is -0.466 e. The highest BCUT2D eigenvalue weighted by Crippen LogP contribution is 2.32. The number of allylic oxidation sites excluding steroid dienone is 1. The number of halogens is 1. The molecule has 0 radical (unpaired) electrons. The van der Waals surface area contributed by atoms with Crippen molar-refractivity contribution >= 4 is 45.9 Å². The molecule has 0 amide bonds. The number of carbonyl (C=O) groups excluding carboxylic acids is 1. The summed E-state index contributed by atoms with van der Waals surface area (Å²) in [6.45, 7) is 2.55. The Bertz CT molecular complexity index is 1970. The van der Waals surface area contributed by atoms with E-state index < -0.39 is 12.0 Å². The molecule has 6 nitrogen and oxygen atoms in total. The predicted octanol–water partition coefficient (Wildman–Crippen LogP) is 5.45. The van der Waals surface area contributed by atoms with Crippen LogP contribution in [-0.2, 0) is 16.1 Å². The van der Waals surface area contributed by atoms with Gasteiger partial charge in [0.15, 0.2) is 4.80 Å². The molecule has 1 atom stereocenters. The van der Waals surface area contributed by atoms with Crippen LogP contribution in [-0.4, -0.2) is 22.2 Å². The van der Waals surface area contributed by atoms with Gasteiger partial charge in [0.1, 0.15) is 0 Å². The molecule has 0 N–H and O–H groups in total. The fourth-order valence-electron chi connectivity index (χ4n) is 5.29. The predicted molar refractivity (Wildman–Crippen MR) is 159 cm³/mol. The number of methoxy groups -OCH3 is 1. The van der Waals surface area contributed by atoms with Gasteiger partial charge in [-0.15, -0.1) is 0 Å². The van der Waals surface area contributed by atoms with Crippen molar-refractivity contribution in [2.45, 2.75) is 25.9 Å². The second-order valence-electron chi connectivity index (χ2n) is 9.52. The first-order chi connectivity index (χ1) is 19.5. The smallest absolute Gasteiger partial charge is 0.338 e. The Kier molecular flexibility index (Phi) is 7.00. The number of esters is 1. The molecule has 5 aromatic rings. The Hall–Kier alpha value is -4.20. The summed E-state index contributed by atoms with van der Waals surface area (Å²) in [4.78, 5) is 32.3. The largest absolute Gasteiger partial charge is 0.466 e. The fourth-order valence-corrected chi connectivity index (χ4v) is 6.49. The lowest BCUT2D eigenvalue weighted by molar-refractivity contribution is -0.136. The maximum Gasteiger partial charge on any atom is 0.338 e. The molecule has 40 heavy (non-hydrogen) atoms. The van der Waals surface area contributed by atoms with Gasteiger partial charge in [0, 0.05) is 34.2 Å². The second kappa shape index (κ2) is 10.8. The highest BCUT2D eigenvalue weighted by Gasteiger charge is 2.33. The zero-order valence-electron chi connectivity index (χ0n) is 22.0. The van der Waals surface area contributed by atoms with Crippen molar-refractivity contribution < 1.29 is 9.53 Å². The topological polar surface area (TPSA) is 65.6 Å². The van der Waals surface area contributed by atoms with E-state index in [1.165, 1.54) is 18.4 Å². The molecule has 200 valence electrons. The van der Waals surface area contributed by atoms with Crippen molar-refractivity contribution in [1.29, 1.82) is 0 Å². The van der Waals surface area contributed by atoms with Crippen LogP contribution in [0.4, 0.5) is 0 Å². The summed E-state index contributed by atoms with van der Waals surface area (Å²) in [6.07, 6.45) is 4.51. The molecule has 6 rings (SSSR count). The van der Waals surface area contributed by atoms with Gasteiger partial charge in [-0.05, 0) is 35.8 Å². The zero-order chi connectivity index (χ0) is 27.8. The monoisotopic (exact) mass is 567 g/mol. The van der Waals surface area contributed by atoms with Crippen molar-refractivity contribution in [2.75, 3.05) is 7.11 Å². The van der Waals surface area contributed by atoms with Crippen LogP contribution in [0.2, 0.25) is 5.02 Å². The Morgan fingerprint density at radius 2 is 1.77 bits per heavy atom. The van der Waals surface area contributed by atoms with Crippen molar-refractivity contribution in [2.24, 2.45) is 4.99 Å². The number of carbonyl (C=O) groups is 1. The number of hydrogen-bond donors (Lipinski definition) is 0. The highest BCUT2D eigenvalue weighted by molar-refractivity contribution is 7.07. The van der Waals surface area contributed by atoms with E-state index in [9.17, 15) is 9.59 Å². The van der Waals surface area contributed by atoms with Crippen LogP contribution in [0.25, 0.3) is 17.0 Å². The average Bonchev–Trinajstić information content (AvgIpc) is 3.49. The summed E-state index contributed by atoms with van der Waals surface area (Å²) in [6, 6.07) is 24.9. The van der Waals surface area contributed by atoms with Crippen LogP contribution < -0.4 is 14.9 Å². The van der Waals surface area contributed by atoms with Gasteiger partial charge in [-0.25, -0.2) is 9.79 Å². The van der Waals surface area contributed by atoms with E-state index >= 15 is 0 Å². The van der Waals surface area contributed by atoms with Gasteiger partial charge < -0.3 is 9.30 Å². The Labute approximate surface area is 239 Å². The van der Waals surface area contributed by atoms with Crippen molar-refractivity contribution in [1.82, 2.24) is 9.13 Å². The van der Waals surface area contributed by atoms with Gasteiger partial charge in [-0.2, -0.15) is 0 Å². The quantitative estimate of drug-likeness (QED) is 0.256. The van der Waals surface area contributed by atoms with Crippen molar-refractivity contribution in [3.8, 4) is 0 Å². The van der Waals surface area contributed by atoms with Gasteiger partial charge in [-0.1, -0.05) is 96.6 Å². The van der Waals surface area contributed by atoms with E-state index in [2.05, 4.69) is 22.9 Å². The summed E-state index contributed by atoms with van der Waals surface area (Å²) in [5.41, 5.74) is 4.64. The Morgan fingerprint density at radius 1 is 1.05 bits per heavy atom. The second-order valence-corrected chi connectivity index (χ2v) is 10.9. The van der Waals surface area contributed by atoms with Crippen LogP contribution in [0.5, 0.6) is 0 Å². The third-order valence-electron chi connectivity index (χ3n) is 7.17. The number of nitrogens with zero attached hydrogens (tertiary/aromatic N) is 3. The number of rotatable bonds is 6. The number of aromatic nitrogens is 2. The van der Waals surface area contributed by atoms with E-state index in [1.807, 2.05) is 79.7 Å². The average molecular weight is 568 g/mol. The first-order valence-electron chi connectivity index (χ1n) is 13.0. The number of hydrogen-bond acceptors (Lipinski definition) is 5. The van der Waals surface area contributed by atoms with E-state index in [0.29, 0.717) is 38.6 Å². The summed E-state index contributed by atoms with van der Waals surface area (Å²) in [5, 5.41) is 1.74. The molecule has 0 spiro atoms. The first kappa shape index (κ1) is 26.0. The molecule has 0 fully saturated rings. The number of fused-ring (bicyclic) bond motifs is 2. The normalized spacial score (nSPS) is 15.3. The van der Waals surface area contributed by atoms with Gasteiger partial charge in [-0.3, -0.25) is 9.36 Å². The third-order valence-corrected chi connectivity index (χ3v) is 8.52. The molecule has 2 aromatic heterocycles.